The van der Waals surface area contributed by atoms with Gasteiger partial charge in [0.1, 0.15) is 6.61 Å². The van der Waals surface area contributed by atoms with E-state index in [4.69, 9.17) is 11.6 Å². The van der Waals surface area contributed by atoms with Crippen molar-refractivity contribution >= 4 is 39.5 Å². The van der Waals surface area contributed by atoms with Crippen molar-refractivity contribution in [2.24, 2.45) is 0 Å². The molecular formula is C10H7ClO2S. The van der Waals surface area contributed by atoms with Gasteiger partial charge in [0.2, 0.25) is 0 Å². The van der Waals surface area contributed by atoms with Crippen molar-refractivity contribution in [1.82, 2.24) is 0 Å². The van der Waals surface area contributed by atoms with Crippen LogP contribution >= 0.6 is 22.9 Å². The third-order valence-electron chi connectivity index (χ3n) is 1.82. The largest absolute Gasteiger partial charge is 0.462 e. The molecule has 0 amide bonds. The van der Waals surface area contributed by atoms with Crippen LogP contribution in [-0.2, 0) is 16.1 Å². The third kappa shape index (κ3) is 1.89. The standard InChI is InChI=1S/C10H7ClO2S/c11-8-1-2-10-7(3-8)4-9(14-10)5-13-6-12/h1-4,6H,5H2. The summed E-state index contributed by atoms with van der Waals surface area (Å²) >= 11 is 7.45. The first-order valence-corrected chi connectivity index (χ1v) is 5.22. The molecule has 14 heavy (non-hydrogen) atoms. The Hall–Kier alpha value is -1.06. The molecule has 0 bridgehead atoms. The summed E-state index contributed by atoms with van der Waals surface area (Å²) < 4.78 is 5.83. The minimum Gasteiger partial charge on any atom is -0.462 e. The lowest BCUT2D eigenvalue weighted by molar-refractivity contribution is -0.129. The molecule has 0 saturated carbocycles. The predicted octanol–water partition coefficient (Wildman–Crippen LogP) is 3.23. The summed E-state index contributed by atoms with van der Waals surface area (Å²) in [6.45, 7) is 0.790. The van der Waals surface area contributed by atoms with Crippen molar-refractivity contribution in [3.63, 3.8) is 0 Å². The molecule has 0 radical (unpaired) electrons. The van der Waals surface area contributed by atoms with Crippen molar-refractivity contribution in [3.8, 4) is 0 Å². The van der Waals surface area contributed by atoms with E-state index < -0.39 is 0 Å². The van der Waals surface area contributed by atoms with Crippen LogP contribution in [-0.4, -0.2) is 6.47 Å². The summed E-state index contributed by atoms with van der Waals surface area (Å²) in [7, 11) is 0. The zero-order valence-electron chi connectivity index (χ0n) is 7.20. The molecule has 0 atom stereocenters. The molecule has 72 valence electrons. The van der Waals surface area contributed by atoms with Crippen LogP contribution in [0.25, 0.3) is 10.1 Å². The Balaban J connectivity index is 2.36. The first kappa shape index (κ1) is 9.49. The van der Waals surface area contributed by atoms with Gasteiger partial charge in [0.15, 0.2) is 0 Å². The Morgan fingerprint density at radius 1 is 1.43 bits per heavy atom. The number of ether oxygens (including phenoxy) is 1. The maximum Gasteiger partial charge on any atom is 0.293 e. The minimum absolute atomic E-state index is 0.334. The lowest BCUT2D eigenvalue weighted by Crippen LogP contribution is -1.84. The van der Waals surface area contributed by atoms with E-state index in [2.05, 4.69) is 4.74 Å². The number of halogens is 1. The van der Waals surface area contributed by atoms with Gasteiger partial charge >= 0.3 is 0 Å². The summed E-state index contributed by atoms with van der Waals surface area (Å²) in [5.41, 5.74) is 0. The monoisotopic (exact) mass is 226 g/mol. The molecular weight excluding hydrogens is 220 g/mol. The van der Waals surface area contributed by atoms with Crippen LogP contribution in [0, 0.1) is 0 Å². The summed E-state index contributed by atoms with van der Waals surface area (Å²) in [5.74, 6) is 0. The fourth-order valence-electron chi connectivity index (χ4n) is 1.26. The maximum atomic E-state index is 10.0. The van der Waals surface area contributed by atoms with Gasteiger partial charge in [-0.05, 0) is 29.7 Å². The van der Waals surface area contributed by atoms with Gasteiger partial charge in [0, 0.05) is 14.6 Å². The highest BCUT2D eigenvalue weighted by molar-refractivity contribution is 7.19. The Kier molecular flexibility index (Phi) is 2.70. The number of carbonyl (C=O) groups excluding carboxylic acids is 1. The molecule has 1 aromatic heterocycles. The summed E-state index contributed by atoms with van der Waals surface area (Å²) in [4.78, 5) is 11.0. The first-order valence-electron chi connectivity index (χ1n) is 4.03. The number of thiophene rings is 1. The molecule has 0 aliphatic carbocycles. The zero-order chi connectivity index (χ0) is 9.97. The van der Waals surface area contributed by atoms with Gasteiger partial charge in [-0.3, -0.25) is 4.79 Å². The third-order valence-corrected chi connectivity index (χ3v) is 3.15. The Bertz CT molecular complexity index is 464. The maximum absolute atomic E-state index is 10.0. The van der Waals surface area contributed by atoms with Crippen LogP contribution in [0.15, 0.2) is 24.3 Å². The van der Waals surface area contributed by atoms with E-state index in [1.807, 2.05) is 24.3 Å². The van der Waals surface area contributed by atoms with Crippen molar-refractivity contribution in [2.45, 2.75) is 6.61 Å². The smallest absolute Gasteiger partial charge is 0.293 e. The molecule has 0 saturated heterocycles. The summed E-state index contributed by atoms with van der Waals surface area (Å²) in [6, 6.07) is 7.70. The van der Waals surface area contributed by atoms with Gasteiger partial charge in [-0.25, -0.2) is 0 Å². The molecule has 0 fully saturated rings. The second kappa shape index (κ2) is 3.98. The highest BCUT2D eigenvalue weighted by Gasteiger charge is 2.02. The molecule has 4 heteroatoms. The molecule has 2 rings (SSSR count). The Labute approximate surface area is 90.1 Å². The van der Waals surface area contributed by atoms with E-state index in [1.165, 1.54) is 0 Å². The highest BCUT2D eigenvalue weighted by atomic mass is 35.5. The molecule has 0 N–H and O–H groups in total. The van der Waals surface area contributed by atoms with E-state index >= 15 is 0 Å². The predicted molar refractivity (Wildman–Crippen MR) is 57.7 cm³/mol. The Morgan fingerprint density at radius 2 is 2.29 bits per heavy atom. The molecule has 1 aromatic carbocycles. The number of fused-ring (bicyclic) bond motifs is 1. The van der Waals surface area contributed by atoms with Crippen LogP contribution in [0.3, 0.4) is 0 Å². The molecule has 2 aromatic rings. The minimum atomic E-state index is 0.334. The number of rotatable bonds is 3. The van der Waals surface area contributed by atoms with Gasteiger partial charge in [0.05, 0.1) is 0 Å². The van der Waals surface area contributed by atoms with Gasteiger partial charge in [0.25, 0.3) is 6.47 Å². The molecule has 0 unspecified atom stereocenters. The normalized spacial score (nSPS) is 10.4. The molecule has 2 nitrogen and oxygen atoms in total. The van der Waals surface area contributed by atoms with Crippen LogP contribution in [0.4, 0.5) is 0 Å². The molecule has 1 heterocycles. The van der Waals surface area contributed by atoms with Crippen molar-refractivity contribution in [3.05, 3.63) is 34.2 Å². The van der Waals surface area contributed by atoms with E-state index in [0.29, 0.717) is 13.1 Å². The highest BCUT2D eigenvalue weighted by Crippen LogP contribution is 2.28. The van der Waals surface area contributed by atoms with E-state index in [-0.39, 0.29) is 0 Å². The average molecular weight is 227 g/mol. The SMILES string of the molecule is O=COCc1cc2cc(Cl)ccc2s1. The van der Waals surface area contributed by atoms with Crippen molar-refractivity contribution < 1.29 is 9.53 Å². The van der Waals surface area contributed by atoms with Gasteiger partial charge in [-0.15, -0.1) is 11.3 Å². The zero-order valence-corrected chi connectivity index (χ0v) is 8.77. The number of carbonyl (C=O) groups is 1. The van der Waals surface area contributed by atoms with Crippen LogP contribution in [0.1, 0.15) is 4.88 Å². The van der Waals surface area contributed by atoms with E-state index in [9.17, 15) is 4.79 Å². The fourth-order valence-corrected chi connectivity index (χ4v) is 2.40. The topological polar surface area (TPSA) is 26.3 Å². The molecule has 0 aliphatic heterocycles. The second-order valence-electron chi connectivity index (χ2n) is 2.80. The first-order chi connectivity index (χ1) is 6.79. The average Bonchev–Trinajstić information content (AvgIpc) is 2.56. The second-order valence-corrected chi connectivity index (χ2v) is 4.41. The lowest BCUT2D eigenvalue weighted by Gasteiger charge is -1.90. The van der Waals surface area contributed by atoms with Gasteiger partial charge < -0.3 is 4.74 Å². The van der Waals surface area contributed by atoms with Crippen molar-refractivity contribution in [2.75, 3.05) is 0 Å². The van der Waals surface area contributed by atoms with Crippen LogP contribution in [0.2, 0.25) is 5.02 Å². The fraction of sp³-hybridized carbons (Fsp3) is 0.100. The van der Waals surface area contributed by atoms with Crippen LogP contribution < -0.4 is 0 Å². The molecule has 0 aliphatic rings. The summed E-state index contributed by atoms with van der Waals surface area (Å²) in [6.07, 6.45) is 0. The number of hydrogen-bond acceptors (Lipinski definition) is 3. The van der Waals surface area contributed by atoms with Gasteiger partial charge in [-0.1, -0.05) is 11.6 Å². The number of hydrogen-bond donors (Lipinski definition) is 0. The lowest BCUT2D eigenvalue weighted by atomic mass is 10.2. The Morgan fingerprint density at radius 3 is 3.07 bits per heavy atom. The quantitative estimate of drug-likeness (QED) is 0.752. The van der Waals surface area contributed by atoms with Gasteiger partial charge in [-0.2, -0.15) is 0 Å². The van der Waals surface area contributed by atoms with Crippen LogP contribution in [0.5, 0.6) is 0 Å². The van der Waals surface area contributed by atoms with E-state index in [0.717, 1.165) is 20.0 Å². The molecule has 0 spiro atoms. The summed E-state index contributed by atoms with van der Waals surface area (Å²) in [5, 5.41) is 1.81. The van der Waals surface area contributed by atoms with E-state index in [1.54, 1.807) is 11.3 Å². The number of benzene rings is 1. The van der Waals surface area contributed by atoms with Crippen molar-refractivity contribution in [1.29, 1.82) is 0 Å².